The van der Waals surface area contributed by atoms with Crippen LogP contribution in [-0.2, 0) is 9.59 Å². The van der Waals surface area contributed by atoms with Gasteiger partial charge >= 0.3 is 0 Å². The molecule has 8 heteroatoms. The Morgan fingerprint density at radius 3 is 2.31 bits per heavy atom. The third-order valence-electron chi connectivity index (χ3n) is 4.69. The van der Waals surface area contributed by atoms with E-state index in [0.717, 1.165) is 4.90 Å². The quantitative estimate of drug-likeness (QED) is 0.732. The van der Waals surface area contributed by atoms with Crippen molar-refractivity contribution in [3.63, 3.8) is 0 Å². The van der Waals surface area contributed by atoms with Crippen molar-refractivity contribution in [1.82, 2.24) is 10.2 Å². The van der Waals surface area contributed by atoms with Crippen LogP contribution in [0.25, 0.3) is 0 Å². The van der Waals surface area contributed by atoms with E-state index in [1.54, 1.807) is 35.2 Å². The average Bonchev–Trinajstić information content (AvgIpc) is 2.72. The summed E-state index contributed by atoms with van der Waals surface area (Å²) in [6.45, 7) is 3.31. The second-order valence-corrected chi connectivity index (χ2v) is 7.88. The number of carbonyl (C=O) groups excluding carboxylic acids is 2. The minimum absolute atomic E-state index is 0.164. The summed E-state index contributed by atoms with van der Waals surface area (Å²) in [5.41, 5.74) is 0.532. The molecule has 3 rings (SSSR count). The van der Waals surface area contributed by atoms with Gasteiger partial charge in [0, 0.05) is 43.8 Å². The fourth-order valence-corrected chi connectivity index (χ4v) is 4.14. The standard InChI is InChI=1S/C21H23F2N3O2S/c1-15(27)24-19(14-29-17-8-6-16(22)7-9-17)21(28)26-12-10-25(11-13-26)20-5-3-2-4-18(20)23/h2-9,19H,10-14H2,1H3,(H,24,27). The largest absolute Gasteiger partial charge is 0.366 e. The molecule has 0 bridgehead atoms. The summed E-state index contributed by atoms with van der Waals surface area (Å²) < 4.78 is 27.0. The highest BCUT2D eigenvalue weighted by atomic mass is 32.2. The third kappa shape index (κ3) is 5.69. The van der Waals surface area contributed by atoms with Gasteiger partial charge in [-0.3, -0.25) is 9.59 Å². The molecule has 1 N–H and O–H groups in total. The maximum Gasteiger partial charge on any atom is 0.246 e. The number of hydrogen-bond donors (Lipinski definition) is 1. The molecule has 1 aliphatic rings. The first-order valence-corrected chi connectivity index (χ1v) is 10.4. The number of para-hydroxylation sites is 1. The van der Waals surface area contributed by atoms with E-state index in [9.17, 15) is 18.4 Å². The van der Waals surface area contributed by atoms with Gasteiger partial charge in [0.2, 0.25) is 11.8 Å². The van der Waals surface area contributed by atoms with Crippen molar-refractivity contribution >= 4 is 29.3 Å². The van der Waals surface area contributed by atoms with Crippen LogP contribution in [0.15, 0.2) is 53.4 Å². The van der Waals surface area contributed by atoms with Crippen LogP contribution in [0.4, 0.5) is 14.5 Å². The molecule has 0 aliphatic carbocycles. The number of nitrogens with one attached hydrogen (secondary N) is 1. The lowest BCUT2D eigenvalue weighted by Crippen LogP contribution is -2.55. The zero-order valence-electron chi connectivity index (χ0n) is 16.1. The first kappa shape index (κ1) is 21.1. The van der Waals surface area contributed by atoms with Crippen LogP contribution in [0, 0.1) is 11.6 Å². The molecule has 0 aromatic heterocycles. The number of thioether (sulfide) groups is 1. The maximum absolute atomic E-state index is 14.0. The highest BCUT2D eigenvalue weighted by Crippen LogP contribution is 2.22. The lowest BCUT2D eigenvalue weighted by molar-refractivity contribution is -0.135. The number of nitrogens with zero attached hydrogens (tertiary/aromatic N) is 2. The Morgan fingerprint density at radius 1 is 1.03 bits per heavy atom. The molecule has 1 fully saturated rings. The SMILES string of the molecule is CC(=O)NC(CSc1ccc(F)cc1)C(=O)N1CCN(c2ccccc2F)CC1. The number of amides is 2. The minimum Gasteiger partial charge on any atom is -0.366 e. The molecule has 29 heavy (non-hydrogen) atoms. The topological polar surface area (TPSA) is 52.7 Å². The Hall–Kier alpha value is -2.61. The first-order valence-electron chi connectivity index (χ1n) is 9.38. The molecule has 5 nitrogen and oxygen atoms in total. The molecule has 0 spiro atoms. The summed E-state index contributed by atoms with van der Waals surface area (Å²) >= 11 is 1.38. The summed E-state index contributed by atoms with van der Waals surface area (Å²) in [6.07, 6.45) is 0. The molecule has 1 heterocycles. The number of carbonyl (C=O) groups is 2. The van der Waals surface area contributed by atoms with Gasteiger partial charge < -0.3 is 15.1 Å². The summed E-state index contributed by atoms with van der Waals surface area (Å²) in [6, 6.07) is 11.9. The van der Waals surface area contributed by atoms with Crippen molar-refractivity contribution in [3.8, 4) is 0 Å². The molecule has 2 aromatic rings. The average molecular weight is 419 g/mol. The predicted molar refractivity (Wildman–Crippen MR) is 110 cm³/mol. The zero-order valence-corrected chi connectivity index (χ0v) is 16.9. The number of benzene rings is 2. The molecule has 2 amide bonds. The molecule has 2 aromatic carbocycles. The fourth-order valence-electron chi connectivity index (χ4n) is 3.23. The van der Waals surface area contributed by atoms with E-state index < -0.39 is 6.04 Å². The van der Waals surface area contributed by atoms with Crippen molar-refractivity contribution in [2.24, 2.45) is 0 Å². The van der Waals surface area contributed by atoms with Gasteiger partial charge in [0.15, 0.2) is 0 Å². The highest BCUT2D eigenvalue weighted by Gasteiger charge is 2.28. The van der Waals surface area contributed by atoms with E-state index in [4.69, 9.17) is 0 Å². The van der Waals surface area contributed by atoms with E-state index >= 15 is 0 Å². The maximum atomic E-state index is 14.0. The number of piperazine rings is 1. The van der Waals surface area contributed by atoms with Crippen LogP contribution >= 0.6 is 11.8 Å². The van der Waals surface area contributed by atoms with Gasteiger partial charge in [-0.25, -0.2) is 8.78 Å². The van der Waals surface area contributed by atoms with Crippen LogP contribution in [0.3, 0.4) is 0 Å². The number of rotatable bonds is 6. The van der Waals surface area contributed by atoms with Crippen LogP contribution in [0.2, 0.25) is 0 Å². The Balaban J connectivity index is 1.60. The Labute approximate surface area is 173 Å². The zero-order chi connectivity index (χ0) is 20.8. The summed E-state index contributed by atoms with van der Waals surface area (Å²) in [5.74, 6) is -0.705. The summed E-state index contributed by atoms with van der Waals surface area (Å²) in [5, 5.41) is 2.71. The summed E-state index contributed by atoms with van der Waals surface area (Å²) in [7, 11) is 0. The van der Waals surface area contributed by atoms with Crippen LogP contribution in [-0.4, -0.2) is 54.7 Å². The first-order chi connectivity index (χ1) is 13.9. The van der Waals surface area contributed by atoms with Crippen molar-refractivity contribution in [2.45, 2.75) is 17.9 Å². The molecular weight excluding hydrogens is 396 g/mol. The van der Waals surface area contributed by atoms with E-state index in [2.05, 4.69) is 5.32 Å². The fraction of sp³-hybridized carbons (Fsp3) is 0.333. The van der Waals surface area contributed by atoms with Crippen molar-refractivity contribution in [1.29, 1.82) is 0 Å². The molecular formula is C21H23F2N3O2S. The number of hydrogen-bond acceptors (Lipinski definition) is 4. The van der Waals surface area contributed by atoms with Crippen LogP contribution in [0.5, 0.6) is 0 Å². The Kier molecular flexibility index (Phi) is 7.09. The van der Waals surface area contributed by atoms with Gasteiger partial charge in [-0.1, -0.05) is 12.1 Å². The minimum atomic E-state index is -0.678. The van der Waals surface area contributed by atoms with E-state index in [1.165, 1.54) is 36.9 Å². The van der Waals surface area contributed by atoms with Gasteiger partial charge in [-0.05, 0) is 36.4 Å². The van der Waals surface area contributed by atoms with Gasteiger partial charge in [0.25, 0.3) is 0 Å². The smallest absolute Gasteiger partial charge is 0.246 e. The summed E-state index contributed by atoms with van der Waals surface area (Å²) in [4.78, 5) is 29.0. The normalized spacial score (nSPS) is 15.1. The van der Waals surface area contributed by atoms with Crippen LogP contribution in [0.1, 0.15) is 6.92 Å². The highest BCUT2D eigenvalue weighted by molar-refractivity contribution is 7.99. The van der Waals surface area contributed by atoms with Crippen molar-refractivity contribution in [3.05, 3.63) is 60.2 Å². The Bertz CT molecular complexity index is 855. The number of halogens is 2. The van der Waals surface area contributed by atoms with E-state index in [0.29, 0.717) is 37.6 Å². The predicted octanol–water partition coefficient (Wildman–Crippen LogP) is 2.91. The molecule has 154 valence electrons. The van der Waals surface area contributed by atoms with E-state index in [1.807, 2.05) is 4.90 Å². The van der Waals surface area contributed by atoms with E-state index in [-0.39, 0.29) is 23.4 Å². The molecule has 1 aliphatic heterocycles. The Morgan fingerprint density at radius 2 is 1.69 bits per heavy atom. The second kappa shape index (κ2) is 9.73. The van der Waals surface area contributed by atoms with Gasteiger partial charge in [0.1, 0.15) is 17.7 Å². The van der Waals surface area contributed by atoms with Gasteiger partial charge in [-0.2, -0.15) is 0 Å². The third-order valence-corrected chi connectivity index (χ3v) is 5.80. The molecule has 1 unspecified atom stereocenters. The van der Waals surface area contributed by atoms with Crippen LogP contribution < -0.4 is 10.2 Å². The second-order valence-electron chi connectivity index (χ2n) is 6.78. The molecule has 1 atom stereocenters. The monoisotopic (exact) mass is 419 g/mol. The lowest BCUT2D eigenvalue weighted by atomic mass is 10.2. The van der Waals surface area contributed by atoms with Crippen molar-refractivity contribution in [2.75, 3.05) is 36.8 Å². The van der Waals surface area contributed by atoms with Gasteiger partial charge in [0.05, 0.1) is 5.69 Å². The molecule has 0 radical (unpaired) electrons. The molecule has 0 saturated carbocycles. The van der Waals surface area contributed by atoms with Crippen molar-refractivity contribution < 1.29 is 18.4 Å². The lowest BCUT2D eigenvalue weighted by Gasteiger charge is -2.37. The number of anilines is 1. The van der Waals surface area contributed by atoms with Gasteiger partial charge in [-0.15, -0.1) is 11.8 Å². The molecule has 1 saturated heterocycles.